The Morgan fingerprint density at radius 2 is 1.57 bits per heavy atom. The van der Waals surface area contributed by atoms with E-state index in [1.54, 1.807) is 0 Å². The van der Waals surface area contributed by atoms with E-state index < -0.39 is 0 Å². The average molecular weight is 197 g/mol. The van der Waals surface area contributed by atoms with Crippen LogP contribution in [-0.4, -0.2) is 49.2 Å². The Hall–Kier alpha value is -0.120. The van der Waals surface area contributed by atoms with Crippen LogP contribution in [0.25, 0.3) is 0 Å². The van der Waals surface area contributed by atoms with Crippen LogP contribution in [0.15, 0.2) is 0 Å². The number of hydrazine groups is 1. The molecular weight excluding hydrogens is 174 g/mol. The van der Waals surface area contributed by atoms with E-state index in [-0.39, 0.29) is 0 Å². The Kier molecular flexibility index (Phi) is 3.79. The molecule has 1 saturated heterocycles. The fourth-order valence-corrected chi connectivity index (χ4v) is 2.43. The molecule has 0 amide bonds. The maximum atomic E-state index is 3.69. The van der Waals surface area contributed by atoms with E-state index in [9.17, 15) is 0 Å². The standard InChI is InChI=1S/C11H23N3/c1-13-7-9-14(10-8-13)12-11-5-3-2-4-6-11/h11-12H,2-10H2,1H3. The monoisotopic (exact) mass is 197 g/mol. The summed E-state index contributed by atoms with van der Waals surface area (Å²) in [6, 6.07) is 0.771. The van der Waals surface area contributed by atoms with Crippen molar-refractivity contribution in [2.24, 2.45) is 0 Å². The lowest BCUT2D eigenvalue weighted by Gasteiger charge is -2.36. The summed E-state index contributed by atoms with van der Waals surface area (Å²) in [5.74, 6) is 0. The zero-order valence-corrected chi connectivity index (χ0v) is 9.34. The average Bonchev–Trinajstić information content (AvgIpc) is 2.23. The highest BCUT2D eigenvalue weighted by molar-refractivity contribution is 4.73. The minimum Gasteiger partial charge on any atom is -0.304 e. The van der Waals surface area contributed by atoms with Gasteiger partial charge in [0, 0.05) is 32.2 Å². The van der Waals surface area contributed by atoms with Crippen LogP contribution in [0.4, 0.5) is 0 Å². The quantitative estimate of drug-likeness (QED) is 0.714. The van der Waals surface area contributed by atoms with Crippen molar-refractivity contribution >= 4 is 0 Å². The molecule has 1 saturated carbocycles. The first-order valence-corrected chi connectivity index (χ1v) is 6.04. The van der Waals surface area contributed by atoms with Crippen molar-refractivity contribution in [2.75, 3.05) is 33.2 Å². The lowest BCUT2D eigenvalue weighted by Crippen LogP contribution is -2.54. The molecule has 14 heavy (non-hydrogen) atoms. The third-order valence-corrected chi connectivity index (χ3v) is 3.47. The Balaban J connectivity index is 1.68. The second-order valence-electron chi connectivity index (χ2n) is 4.75. The second-order valence-corrected chi connectivity index (χ2v) is 4.75. The molecule has 0 radical (unpaired) electrons. The second kappa shape index (κ2) is 5.10. The van der Waals surface area contributed by atoms with Crippen LogP contribution in [0.5, 0.6) is 0 Å². The summed E-state index contributed by atoms with van der Waals surface area (Å²) in [6.07, 6.45) is 7.05. The third-order valence-electron chi connectivity index (χ3n) is 3.47. The number of likely N-dealkylation sites (N-methyl/N-ethyl adjacent to an activating group) is 1. The van der Waals surface area contributed by atoms with Gasteiger partial charge < -0.3 is 4.90 Å². The molecule has 82 valence electrons. The normalized spacial score (nSPS) is 28.1. The Bertz CT molecular complexity index is 158. The lowest BCUT2D eigenvalue weighted by atomic mass is 9.96. The molecule has 2 rings (SSSR count). The molecule has 0 unspecified atom stereocenters. The summed E-state index contributed by atoms with van der Waals surface area (Å²) < 4.78 is 0. The minimum atomic E-state index is 0.771. The van der Waals surface area contributed by atoms with Gasteiger partial charge in [-0.3, -0.25) is 5.43 Å². The SMILES string of the molecule is CN1CCN(NC2CCCCC2)CC1. The third kappa shape index (κ3) is 2.94. The zero-order valence-electron chi connectivity index (χ0n) is 9.34. The number of hydrogen-bond donors (Lipinski definition) is 1. The molecule has 1 aliphatic heterocycles. The summed E-state index contributed by atoms with van der Waals surface area (Å²) in [5.41, 5.74) is 3.69. The first-order chi connectivity index (χ1) is 6.84. The number of piperazine rings is 1. The molecule has 0 atom stereocenters. The Morgan fingerprint density at radius 1 is 0.929 bits per heavy atom. The molecule has 3 heteroatoms. The number of nitrogens with zero attached hydrogens (tertiary/aromatic N) is 2. The van der Waals surface area contributed by atoms with Crippen molar-refractivity contribution in [3.05, 3.63) is 0 Å². The van der Waals surface area contributed by atoms with E-state index in [1.807, 2.05) is 0 Å². The van der Waals surface area contributed by atoms with Crippen molar-refractivity contribution in [3.63, 3.8) is 0 Å². The Morgan fingerprint density at radius 3 is 2.21 bits per heavy atom. The molecule has 1 heterocycles. The molecule has 0 bridgehead atoms. The molecular formula is C11H23N3. The van der Waals surface area contributed by atoms with Crippen LogP contribution >= 0.6 is 0 Å². The van der Waals surface area contributed by atoms with Gasteiger partial charge in [0.1, 0.15) is 0 Å². The van der Waals surface area contributed by atoms with E-state index >= 15 is 0 Å². The summed E-state index contributed by atoms with van der Waals surface area (Å²) >= 11 is 0. The van der Waals surface area contributed by atoms with Gasteiger partial charge in [-0.15, -0.1) is 0 Å². The van der Waals surface area contributed by atoms with E-state index in [4.69, 9.17) is 0 Å². The smallest absolute Gasteiger partial charge is 0.0259 e. The minimum absolute atomic E-state index is 0.771. The first kappa shape index (κ1) is 10.4. The van der Waals surface area contributed by atoms with Gasteiger partial charge in [0.25, 0.3) is 0 Å². The van der Waals surface area contributed by atoms with Gasteiger partial charge in [-0.1, -0.05) is 19.3 Å². The molecule has 0 aromatic rings. The largest absolute Gasteiger partial charge is 0.304 e. The topological polar surface area (TPSA) is 18.5 Å². The maximum absolute atomic E-state index is 3.69. The molecule has 1 N–H and O–H groups in total. The van der Waals surface area contributed by atoms with Gasteiger partial charge in [0.05, 0.1) is 0 Å². The highest BCUT2D eigenvalue weighted by Gasteiger charge is 2.18. The van der Waals surface area contributed by atoms with Crippen LogP contribution in [-0.2, 0) is 0 Å². The van der Waals surface area contributed by atoms with E-state index in [0.29, 0.717) is 0 Å². The number of hydrogen-bond acceptors (Lipinski definition) is 3. The molecule has 2 aliphatic rings. The van der Waals surface area contributed by atoms with E-state index in [1.165, 1.54) is 58.3 Å². The highest BCUT2D eigenvalue weighted by atomic mass is 15.5. The Labute approximate surface area is 87.4 Å². The van der Waals surface area contributed by atoms with Crippen LogP contribution in [0.1, 0.15) is 32.1 Å². The summed E-state index contributed by atoms with van der Waals surface area (Å²) in [5, 5.41) is 2.43. The molecule has 3 nitrogen and oxygen atoms in total. The van der Waals surface area contributed by atoms with Gasteiger partial charge in [-0.2, -0.15) is 0 Å². The molecule has 0 aromatic heterocycles. The summed E-state index contributed by atoms with van der Waals surface area (Å²) in [6.45, 7) is 4.79. The van der Waals surface area contributed by atoms with Gasteiger partial charge in [0.15, 0.2) is 0 Å². The maximum Gasteiger partial charge on any atom is 0.0259 e. The van der Waals surface area contributed by atoms with Crippen molar-refractivity contribution in [1.29, 1.82) is 0 Å². The highest BCUT2D eigenvalue weighted by Crippen LogP contribution is 2.17. The summed E-state index contributed by atoms with van der Waals surface area (Å²) in [4.78, 5) is 2.40. The molecule has 2 fully saturated rings. The van der Waals surface area contributed by atoms with Gasteiger partial charge in [-0.25, -0.2) is 5.01 Å². The predicted octanol–water partition coefficient (Wildman–Crippen LogP) is 1.07. The number of rotatable bonds is 2. The number of nitrogens with one attached hydrogen (secondary N) is 1. The van der Waals surface area contributed by atoms with Crippen molar-refractivity contribution in [1.82, 2.24) is 15.3 Å². The van der Waals surface area contributed by atoms with Gasteiger partial charge in [-0.05, 0) is 19.9 Å². The van der Waals surface area contributed by atoms with Crippen LogP contribution in [0, 0.1) is 0 Å². The first-order valence-electron chi connectivity index (χ1n) is 6.04. The fraction of sp³-hybridized carbons (Fsp3) is 1.00. The fourth-order valence-electron chi connectivity index (χ4n) is 2.43. The zero-order chi connectivity index (χ0) is 9.80. The predicted molar refractivity (Wildman–Crippen MR) is 59.1 cm³/mol. The van der Waals surface area contributed by atoms with Crippen molar-refractivity contribution < 1.29 is 0 Å². The molecule has 0 spiro atoms. The molecule has 1 aliphatic carbocycles. The van der Waals surface area contributed by atoms with Crippen LogP contribution < -0.4 is 5.43 Å². The molecule has 0 aromatic carbocycles. The van der Waals surface area contributed by atoms with E-state index in [2.05, 4.69) is 22.4 Å². The lowest BCUT2D eigenvalue weighted by molar-refractivity contribution is 0.0782. The van der Waals surface area contributed by atoms with Gasteiger partial charge in [0.2, 0.25) is 0 Å². The van der Waals surface area contributed by atoms with Crippen LogP contribution in [0.2, 0.25) is 0 Å². The van der Waals surface area contributed by atoms with Gasteiger partial charge >= 0.3 is 0 Å². The van der Waals surface area contributed by atoms with Crippen LogP contribution in [0.3, 0.4) is 0 Å². The van der Waals surface area contributed by atoms with Crippen molar-refractivity contribution in [2.45, 2.75) is 38.1 Å². The van der Waals surface area contributed by atoms with Crippen molar-refractivity contribution in [3.8, 4) is 0 Å². The summed E-state index contributed by atoms with van der Waals surface area (Å²) in [7, 11) is 2.21. The van der Waals surface area contributed by atoms with E-state index in [0.717, 1.165) is 6.04 Å².